The summed E-state index contributed by atoms with van der Waals surface area (Å²) >= 11 is 0. The summed E-state index contributed by atoms with van der Waals surface area (Å²) in [6.07, 6.45) is 0. The third kappa shape index (κ3) is 3.06. The van der Waals surface area contributed by atoms with Crippen molar-refractivity contribution in [1.29, 1.82) is 0 Å². The SMILES string of the molecule is [B](Oc1cc2ccccc2c2ccccc12)Oc1cc2ccccc2c2ccccc12. The lowest BCUT2D eigenvalue weighted by atomic mass is 10.0. The Kier molecular flexibility index (Phi) is 4.24. The predicted molar refractivity (Wildman–Crippen MR) is 130 cm³/mol. The van der Waals surface area contributed by atoms with Crippen LogP contribution in [0.4, 0.5) is 0 Å². The van der Waals surface area contributed by atoms with E-state index in [1.807, 2.05) is 24.3 Å². The normalized spacial score (nSPS) is 11.2. The minimum Gasteiger partial charge on any atom is -0.526 e. The molecule has 6 rings (SSSR count). The van der Waals surface area contributed by atoms with Crippen molar-refractivity contribution in [3.05, 3.63) is 109 Å². The second-order valence-corrected chi connectivity index (χ2v) is 7.61. The molecule has 0 unspecified atom stereocenters. The highest BCUT2D eigenvalue weighted by Gasteiger charge is 2.12. The van der Waals surface area contributed by atoms with Crippen molar-refractivity contribution in [3.63, 3.8) is 0 Å². The van der Waals surface area contributed by atoms with Crippen molar-refractivity contribution >= 4 is 50.8 Å². The zero-order chi connectivity index (χ0) is 20.6. The number of benzene rings is 6. The molecule has 145 valence electrons. The number of rotatable bonds is 4. The molecule has 1 radical (unpaired) electrons. The fourth-order valence-electron chi connectivity index (χ4n) is 4.36. The van der Waals surface area contributed by atoms with Crippen LogP contribution in [0.1, 0.15) is 0 Å². The molecule has 31 heavy (non-hydrogen) atoms. The van der Waals surface area contributed by atoms with Crippen LogP contribution in [0.5, 0.6) is 11.5 Å². The molecular weight excluding hydrogens is 379 g/mol. The fourth-order valence-corrected chi connectivity index (χ4v) is 4.36. The van der Waals surface area contributed by atoms with E-state index in [9.17, 15) is 0 Å². The predicted octanol–water partition coefficient (Wildman–Crippen LogP) is 7.29. The van der Waals surface area contributed by atoms with Crippen molar-refractivity contribution in [3.8, 4) is 11.5 Å². The molecule has 0 aliphatic carbocycles. The number of hydrogen-bond donors (Lipinski definition) is 0. The summed E-state index contributed by atoms with van der Waals surface area (Å²) in [6, 6.07) is 37.4. The smallest absolute Gasteiger partial charge is 0.526 e. The lowest BCUT2D eigenvalue weighted by Crippen LogP contribution is -2.11. The fraction of sp³-hybridized carbons (Fsp3) is 0. The zero-order valence-electron chi connectivity index (χ0n) is 16.8. The van der Waals surface area contributed by atoms with Gasteiger partial charge in [0.15, 0.2) is 0 Å². The Morgan fingerprint density at radius 3 is 1.19 bits per heavy atom. The monoisotopic (exact) mass is 397 g/mol. The van der Waals surface area contributed by atoms with E-state index >= 15 is 0 Å². The highest BCUT2D eigenvalue weighted by molar-refractivity contribution is 6.23. The largest absolute Gasteiger partial charge is 0.658 e. The van der Waals surface area contributed by atoms with Gasteiger partial charge in [0.1, 0.15) is 11.5 Å². The maximum atomic E-state index is 6.05. The summed E-state index contributed by atoms with van der Waals surface area (Å²) in [4.78, 5) is 0. The Hall–Kier alpha value is -3.98. The molecule has 2 nitrogen and oxygen atoms in total. The van der Waals surface area contributed by atoms with Crippen LogP contribution in [0, 0.1) is 0 Å². The highest BCUT2D eigenvalue weighted by atomic mass is 16.6. The first-order valence-corrected chi connectivity index (χ1v) is 10.3. The topological polar surface area (TPSA) is 18.5 Å². The van der Waals surface area contributed by atoms with Gasteiger partial charge >= 0.3 is 7.69 Å². The van der Waals surface area contributed by atoms with Gasteiger partial charge < -0.3 is 9.31 Å². The third-order valence-electron chi connectivity index (χ3n) is 5.81. The van der Waals surface area contributed by atoms with Crippen molar-refractivity contribution in [2.45, 2.75) is 0 Å². The average Bonchev–Trinajstić information content (AvgIpc) is 2.84. The average molecular weight is 397 g/mol. The molecule has 0 N–H and O–H groups in total. The van der Waals surface area contributed by atoms with Gasteiger partial charge in [-0.1, -0.05) is 97.1 Å². The van der Waals surface area contributed by atoms with E-state index in [0.717, 1.165) is 33.0 Å². The second-order valence-electron chi connectivity index (χ2n) is 7.61. The summed E-state index contributed by atoms with van der Waals surface area (Å²) in [5.74, 6) is 1.55. The molecule has 0 saturated carbocycles. The Bertz CT molecular complexity index is 1450. The molecule has 0 heterocycles. The molecule has 0 aliphatic rings. The van der Waals surface area contributed by atoms with E-state index in [0.29, 0.717) is 0 Å². The van der Waals surface area contributed by atoms with Crippen LogP contribution >= 0.6 is 0 Å². The molecule has 6 aromatic rings. The number of fused-ring (bicyclic) bond motifs is 6. The van der Waals surface area contributed by atoms with Crippen LogP contribution in [0.15, 0.2) is 109 Å². The maximum Gasteiger partial charge on any atom is 0.658 e. The van der Waals surface area contributed by atoms with Crippen molar-refractivity contribution in [2.75, 3.05) is 0 Å². The zero-order valence-corrected chi connectivity index (χ0v) is 16.8. The Labute approximate surface area is 180 Å². The second kappa shape index (κ2) is 7.37. The van der Waals surface area contributed by atoms with Crippen LogP contribution in [-0.4, -0.2) is 7.69 Å². The highest BCUT2D eigenvalue weighted by Crippen LogP contribution is 2.35. The van der Waals surface area contributed by atoms with E-state index in [4.69, 9.17) is 9.31 Å². The van der Waals surface area contributed by atoms with Gasteiger partial charge in [0.05, 0.1) is 0 Å². The molecule has 0 atom stereocenters. The molecule has 3 heteroatoms. The lowest BCUT2D eigenvalue weighted by Gasteiger charge is -2.14. The van der Waals surface area contributed by atoms with Crippen LogP contribution in [-0.2, 0) is 0 Å². The first kappa shape index (κ1) is 17.8. The molecule has 0 bridgehead atoms. The van der Waals surface area contributed by atoms with Gasteiger partial charge in [-0.25, -0.2) is 0 Å². The molecule has 0 saturated heterocycles. The van der Waals surface area contributed by atoms with E-state index in [1.165, 1.54) is 29.2 Å². The van der Waals surface area contributed by atoms with Crippen LogP contribution in [0.25, 0.3) is 43.1 Å². The van der Waals surface area contributed by atoms with Crippen molar-refractivity contribution < 1.29 is 9.31 Å². The van der Waals surface area contributed by atoms with Gasteiger partial charge in [-0.15, -0.1) is 0 Å². The minimum atomic E-state index is 0.777. The van der Waals surface area contributed by atoms with Gasteiger partial charge in [-0.2, -0.15) is 0 Å². The molecule has 6 aromatic carbocycles. The third-order valence-corrected chi connectivity index (χ3v) is 5.81. The first-order valence-electron chi connectivity index (χ1n) is 10.3. The van der Waals surface area contributed by atoms with Crippen LogP contribution < -0.4 is 9.31 Å². The standard InChI is InChI=1S/C28H18BO2/c1-3-11-21-19(9-1)17-27(25-15-7-5-13-23(21)25)30-29-31-28-18-20-10-2-4-12-22(20)24-14-6-8-16-26(24)28/h1-18H. The van der Waals surface area contributed by atoms with Gasteiger partial charge in [0.2, 0.25) is 0 Å². The minimum absolute atomic E-state index is 0.777. The van der Waals surface area contributed by atoms with Gasteiger partial charge in [-0.05, 0) is 44.5 Å². The summed E-state index contributed by atoms with van der Waals surface area (Å²) < 4.78 is 12.1. The summed E-state index contributed by atoms with van der Waals surface area (Å²) in [6.45, 7) is 0. The van der Waals surface area contributed by atoms with Crippen molar-refractivity contribution in [1.82, 2.24) is 0 Å². The Morgan fingerprint density at radius 1 is 0.387 bits per heavy atom. The Morgan fingerprint density at radius 2 is 0.742 bits per heavy atom. The molecule has 0 aliphatic heterocycles. The van der Waals surface area contributed by atoms with E-state index in [-0.39, 0.29) is 0 Å². The molecule has 0 spiro atoms. The summed E-state index contributed by atoms with van der Waals surface area (Å²) in [7, 11) is 1.44. The maximum absolute atomic E-state index is 6.05. The van der Waals surface area contributed by atoms with Gasteiger partial charge in [-0.3, -0.25) is 0 Å². The quantitative estimate of drug-likeness (QED) is 0.230. The van der Waals surface area contributed by atoms with Gasteiger partial charge in [0, 0.05) is 10.8 Å². The number of hydrogen-bond acceptors (Lipinski definition) is 2. The van der Waals surface area contributed by atoms with Crippen LogP contribution in [0.3, 0.4) is 0 Å². The molecule has 0 aromatic heterocycles. The molecule has 0 amide bonds. The first-order chi connectivity index (χ1) is 15.4. The summed E-state index contributed by atoms with van der Waals surface area (Å²) in [5, 5.41) is 9.16. The molecule has 0 fully saturated rings. The summed E-state index contributed by atoms with van der Waals surface area (Å²) in [5.41, 5.74) is 0. The van der Waals surface area contributed by atoms with Crippen LogP contribution in [0.2, 0.25) is 0 Å². The van der Waals surface area contributed by atoms with Gasteiger partial charge in [0.25, 0.3) is 0 Å². The van der Waals surface area contributed by atoms with Crippen molar-refractivity contribution in [2.24, 2.45) is 0 Å². The Balaban J connectivity index is 1.37. The van der Waals surface area contributed by atoms with E-state index < -0.39 is 0 Å². The lowest BCUT2D eigenvalue weighted by molar-refractivity contribution is 0.465. The van der Waals surface area contributed by atoms with E-state index in [2.05, 4.69) is 84.9 Å². The molecular formula is C28H18BO2. The van der Waals surface area contributed by atoms with E-state index in [1.54, 1.807) is 0 Å².